The minimum Gasteiger partial charge on any atom is -0.348 e. The third-order valence-electron chi connectivity index (χ3n) is 3.33. The van der Waals surface area contributed by atoms with Crippen molar-refractivity contribution in [3.63, 3.8) is 0 Å². The number of nitriles is 1. The minimum atomic E-state index is -0.289. The standard InChI is InChI=1S/C15H19NO2/c1-3-8-15(2)10-17-14(18-11-15)13-6-4-12(9-16)5-7-13/h4-7,14H,3,8,10-11H2,1-2H3/t14-,15-. The SMILES string of the molecule is CCC[C@]1(C)CO[C@@H](c2ccc(C#N)cc2)OC1. The highest BCUT2D eigenvalue weighted by Crippen LogP contribution is 2.34. The molecule has 1 aromatic carbocycles. The van der Waals surface area contributed by atoms with Crippen molar-refractivity contribution in [1.29, 1.82) is 5.26 Å². The summed E-state index contributed by atoms with van der Waals surface area (Å²) in [5.74, 6) is 0. The monoisotopic (exact) mass is 245 g/mol. The maximum absolute atomic E-state index is 8.75. The fourth-order valence-corrected chi connectivity index (χ4v) is 2.30. The largest absolute Gasteiger partial charge is 0.348 e. The fourth-order valence-electron chi connectivity index (χ4n) is 2.30. The average Bonchev–Trinajstić information content (AvgIpc) is 2.40. The van der Waals surface area contributed by atoms with Crippen LogP contribution in [-0.4, -0.2) is 13.2 Å². The van der Waals surface area contributed by atoms with E-state index in [1.54, 1.807) is 12.1 Å². The Hall–Kier alpha value is -1.37. The number of hydrogen-bond acceptors (Lipinski definition) is 3. The predicted molar refractivity (Wildman–Crippen MR) is 68.8 cm³/mol. The predicted octanol–water partition coefficient (Wildman–Crippen LogP) is 3.41. The van der Waals surface area contributed by atoms with Gasteiger partial charge in [0.15, 0.2) is 6.29 Å². The zero-order valence-electron chi connectivity index (χ0n) is 11.0. The molecule has 1 fully saturated rings. The Morgan fingerprint density at radius 3 is 2.39 bits per heavy atom. The third-order valence-corrected chi connectivity index (χ3v) is 3.33. The second kappa shape index (κ2) is 5.51. The van der Waals surface area contributed by atoms with Gasteiger partial charge in [0.25, 0.3) is 0 Å². The van der Waals surface area contributed by atoms with Crippen LogP contribution in [0.4, 0.5) is 0 Å². The van der Waals surface area contributed by atoms with Crippen LogP contribution in [0.15, 0.2) is 24.3 Å². The molecule has 18 heavy (non-hydrogen) atoms. The van der Waals surface area contributed by atoms with Gasteiger partial charge in [0.2, 0.25) is 0 Å². The van der Waals surface area contributed by atoms with E-state index in [9.17, 15) is 0 Å². The second-order valence-electron chi connectivity index (χ2n) is 5.25. The highest BCUT2D eigenvalue weighted by atomic mass is 16.7. The van der Waals surface area contributed by atoms with E-state index < -0.39 is 0 Å². The normalized spacial score (nSPS) is 27.7. The molecular weight excluding hydrogens is 226 g/mol. The van der Waals surface area contributed by atoms with Gasteiger partial charge in [0, 0.05) is 11.0 Å². The molecule has 1 saturated heterocycles. The van der Waals surface area contributed by atoms with Gasteiger partial charge >= 0.3 is 0 Å². The van der Waals surface area contributed by atoms with Crippen LogP contribution in [0.25, 0.3) is 0 Å². The maximum atomic E-state index is 8.75. The van der Waals surface area contributed by atoms with Crippen molar-refractivity contribution < 1.29 is 9.47 Å². The van der Waals surface area contributed by atoms with Crippen molar-refractivity contribution in [3.05, 3.63) is 35.4 Å². The number of benzene rings is 1. The molecule has 0 saturated carbocycles. The quantitative estimate of drug-likeness (QED) is 0.819. The molecule has 1 aliphatic rings. The highest BCUT2D eigenvalue weighted by molar-refractivity contribution is 5.32. The summed E-state index contributed by atoms with van der Waals surface area (Å²) in [5, 5.41) is 8.75. The first-order valence-corrected chi connectivity index (χ1v) is 6.40. The van der Waals surface area contributed by atoms with E-state index in [0.717, 1.165) is 31.6 Å². The number of hydrogen-bond donors (Lipinski definition) is 0. The first-order valence-electron chi connectivity index (χ1n) is 6.40. The Bertz CT molecular complexity index is 425. The molecule has 0 aromatic heterocycles. The number of rotatable bonds is 3. The van der Waals surface area contributed by atoms with Gasteiger partial charge in [-0.15, -0.1) is 0 Å². The molecule has 0 radical (unpaired) electrons. The van der Waals surface area contributed by atoms with Crippen LogP contribution in [0, 0.1) is 16.7 Å². The van der Waals surface area contributed by atoms with Crippen LogP contribution in [0.2, 0.25) is 0 Å². The first-order chi connectivity index (χ1) is 8.67. The van der Waals surface area contributed by atoms with E-state index in [0.29, 0.717) is 5.56 Å². The maximum Gasteiger partial charge on any atom is 0.183 e. The Balaban J connectivity index is 1.99. The summed E-state index contributed by atoms with van der Waals surface area (Å²) in [6.45, 7) is 5.83. The van der Waals surface area contributed by atoms with Gasteiger partial charge in [-0.3, -0.25) is 0 Å². The topological polar surface area (TPSA) is 42.2 Å². The molecule has 1 heterocycles. The van der Waals surface area contributed by atoms with E-state index >= 15 is 0 Å². The Labute approximate surface area is 108 Å². The van der Waals surface area contributed by atoms with Crippen LogP contribution >= 0.6 is 0 Å². The number of nitrogens with zero attached hydrogens (tertiary/aromatic N) is 1. The van der Waals surface area contributed by atoms with E-state index in [2.05, 4.69) is 19.9 Å². The second-order valence-corrected chi connectivity index (χ2v) is 5.25. The third kappa shape index (κ3) is 2.90. The lowest BCUT2D eigenvalue weighted by atomic mass is 9.87. The molecule has 0 aliphatic carbocycles. The summed E-state index contributed by atoms with van der Waals surface area (Å²) < 4.78 is 11.6. The zero-order chi connectivity index (χ0) is 13.0. The molecule has 3 nitrogen and oxygen atoms in total. The molecule has 0 bridgehead atoms. The van der Waals surface area contributed by atoms with Crippen LogP contribution < -0.4 is 0 Å². The molecule has 0 unspecified atom stereocenters. The summed E-state index contributed by atoms with van der Waals surface area (Å²) in [6, 6.07) is 9.48. The van der Waals surface area contributed by atoms with Gasteiger partial charge in [-0.2, -0.15) is 5.26 Å². The molecule has 2 rings (SSSR count). The number of ether oxygens (including phenoxy) is 2. The lowest BCUT2D eigenvalue weighted by molar-refractivity contribution is -0.231. The minimum absolute atomic E-state index is 0.137. The van der Waals surface area contributed by atoms with E-state index in [-0.39, 0.29) is 11.7 Å². The highest BCUT2D eigenvalue weighted by Gasteiger charge is 2.32. The summed E-state index contributed by atoms with van der Waals surface area (Å²) in [5.41, 5.74) is 1.77. The van der Waals surface area contributed by atoms with Gasteiger partial charge in [-0.1, -0.05) is 32.4 Å². The molecule has 0 N–H and O–H groups in total. The zero-order valence-corrected chi connectivity index (χ0v) is 11.0. The van der Waals surface area contributed by atoms with Gasteiger partial charge in [-0.05, 0) is 18.6 Å². The smallest absolute Gasteiger partial charge is 0.183 e. The van der Waals surface area contributed by atoms with E-state index in [1.165, 1.54) is 0 Å². The summed E-state index contributed by atoms with van der Waals surface area (Å²) in [4.78, 5) is 0. The van der Waals surface area contributed by atoms with E-state index in [4.69, 9.17) is 14.7 Å². The van der Waals surface area contributed by atoms with Crippen molar-refractivity contribution in [2.24, 2.45) is 5.41 Å². The van der Waals surface area contributed by atoms with Crippen LogP contribution in [0.1, 0.15) is 44.1 Å². The molecule has 1 aliphatic heterocycles. The summed E-state index contributed by atoms with van der Waals surface area (Å²) in [6.07, 6.45) is 1.97. The lowest BCUT2D eigenvalue weighted by Crippen LogP contribution is -2.36. The van der Waals surface area contributed by atoms with Crippen molar-refractivity contribution in [1.82, 2.24) is 0 Å². The first kappa shape index (κ1) is 13.1. The van der Waals surface area contributed by atoms with Gasteiger partial charge < -0.3 is 9.47 Å². The summed E-state index contributed by atoms with van der Waals surface area (Å²) >= 11 is 0. The van der Waals surface area contributed by atoms with Crippen molar-refractivity contribution in [2.75, 3.05) is 13.2 Å². The van der Waals surface area contributed by atoms with E-state index in [1.807, 2.05) is 12.1 Å². The fraction of sp³-hybridized carbons (Fsp3) is 0.533. The van der Waals surface area contributed by atoms with Crippen molar-refractivity contribution >= 4 is 0 Å². The molecule has 0 atom stereocenters. The van der Waals surface area contributed by atoms with Crippen molar-refractivity contribution in [3.8, 4) is 6.07 Å². The van der Waals surface area contributed by atoms with Crippen molar-refractivity contribution in [2.45, 2.75) is 33.0 Å². The summed E-state index contributed by atoms with van der Waals surface area (Å²) in [7, 11) is 0. The average molecular weight is 245 g/mol. The molecule has 1 aromatic rings. The van der Waals surface area contributed by atoms with Gasteiger partial charge in [-0.25, -0.2) is 0 Å². The molecule has 0 amide bonds. The van der Waals surface area contributed by atoms with Crippen LogP contribution in [0.3, 0.4) is 0 Å². The molecule has 3 heteroatoms. The molecule has 0 spiro atoms. The Morgan fingerprint density at radius 1 is 1.28 bits per heavy atom. The lowest BCUT2D eigenvalue weighted by Gasteiger charge is -2.37. The Kier molecular flexibility index (Phi) is 4.00. The van der Waals surface area contributed by atoms with Crippen LogP contribution in [0.5, 0.6) is 0 Å². The Morgan fingerprint density at radius 2 is 1.89 bits per heavy atom. The van der Waals surface area contributed by atoms with Gasteiger partial charge in [0.05, 0.1) is 24.8 Å². The molecular formula is C15H19NO2. The van der Waals surface area contributed by atoms with Crippen LogP contribution in [-0.2, 0) is 9.47 Å². The molecule has 96 valence electrons. The van der Waals surface area contributed by atoms with Gasteiger partial charge in [0.1, 0.15) is 0 Å².